The van der Waals surface area contributed by atoms with Gasteiger partial charge in [0.1, 0.15) is 17.3 Å². The fourth-order valence-corrected chi connectivity index (χ4v) is 3.24. The second-order valence-electron chi connectivity index (χ2n) is 7.39. The number of pyridine rings is 1. The molecule has 3 aromatic heterocycles. The molecule has 8 nitrogen and oxygen atoms in total. The number of nitrogens with two attached hydrogens (primary N) is 1. The molecule has 32 heavy (non-hydrogen) atoms. The van der Waals surface area contributed by atoms with E-state index in [1.165, 1.54) is 6.20 Å². The number of rotatable bonds is 6. The van der Waals surface area contributed by atoms with Crippen LogP contribution in [0, 0.1) is 11.6 Å². The van der Waals surface area contributed by atoms with Gasteiger partial charge in [-0.3, -0.25) is 9.59 Å². The number of nitrogens with one attached hydrogen (secondary N) is 2. The van der Waals surface area contributed by atoms with Crippen LogP contribution in [0.1, 0.15) is 40.1 Å². The first-order valence-corrected chi connectivity index (χ1v) is 9.65. The molecule has 0 aliphatic heterocycles. The number of hydrogen-bond donors (Lipinski definition) is 3. The summed E-state index contributed by atoms with van der Waals surface area (Å²) in [5.41, 5.74) is 5.28. The van der Waals surface area contributed by atoms with Crippen molar-refractivity contribution in [1.82, 2.24) is 19.9 Å². The SMILES string of the molecule is CC(C)Nc1ncc(-c2cnc3[nH]cc(C(=O)c4c(F)ccc(C(N)=O)c4F)c3c2)cn1. The van der Waals surface area contributed by atoms with Crippen molar-refractivity contribution in [2.45, 2.75) is 19.9 Å². The summed E-state index contributed by atoms with van der Waals surface area (Å²) in [6, 6.07) is 3.55. The zero-order chi connectivity index (χ0) is 23.0. The molecule has 3 heterocycles. The van der Waals surface area contributed by atoms with Gasteiger partial charge in [-0.1, -0.05) is 0 Å². The summed E-state index contributed by atoms with van der Waals surface area (Å²) in [5.74, 6) is -3.98. The van der Waals surface area contributed by atoms with Crippen LogP contribution in [-0.4, -0.2) is 37.7 Å². The van der Waals surface area contributed by atoms with Gasteiger partial charge in [-0.2, -0.15) is 0 Å². The molecule has 0 fully saturated rings. The third-order valence-corrected chi connectivity index (χ3v) is 4.76. The Kier molecular flexibility index (Phi) is 5.35. The quantitative estimate of drug-likeness (QED) is 0.398. The van der Waals surface area contributed by atoms with Gasteiger partial charge in [-0.25, -0.2) is 23.7 Å². The van der Waals surface area contributed by atoms with Crippen LogP contribution in [-0.2, 0) is 0 Å². The number of benzene rings is 1. The lowest BCUT2D eigenvalue weighted by Gasteiger charge is -2.08. The van der Waals surface area contributed by atoms with Gasteiger partial charge in [0.15, 0.2) is 0 Å². The van der Waals surface area contributed by atoms with Crippen molar-refractivity contribution >= 4 is 28.7 Å². The zero-order valence-electron chi connectivity index (χ0n) is 17.1. The Morgan fingerprint density at radius 2 is 1.72 bits per heavy atom. The summed E-state index contributed by atoms with van der Waals surface area (Å²) in [6.07, 6.45) is 6.08. The molecule has 0 saturated carbocycles. The van der Waals surface area contributed by atoms with Crippen LogP contribution < -0.4 is 11.1 Å². The molecule has 10 heteroatoms. The second kappa shape index (κ2) is 8.14. The topological polar surface area (TPSA) is 127 Å². The van der Waals surface area contributed by atoms with E-state index in [1.807, 2.05) is 13.8 Å². The fourth-order valence-electron chi connectivity index (χ4n) is 3.24. The van der Waals surface area contributed by atoms with Crippen molar-refractivity contribution in [2.24, 2.45) is 5.73 Å². The van der Waals surface area contributed by atoms with E-state index in [1.54, 1.807) is 24.7 Å². The highest BCUT2D eigenvalue weighted by Gasteiger charge is 2.26. The number of carbonyl (C=O) groups excluding carboxylic acids is 2. The van der Waals surface area contributed by atoms with Crippen LogP contribution in [0.4, 0.5) is 14.7 Å². The Bertz CT molecular complexity index is 1350. The van der Waals surface area contributed by atoms with E-state index in [0.29, 0.717) is 28.1 Å². The highest BCUT2D eigenvalue weighted by atomic mass is 19.1. The molecule has 1 amide bonds. The van der Waals surface area contributed by atoms with E-state index in [9.17, 15) is 18.4 Å². The number of ketones is 1. The maximum atomic E-state index is 14.7. The maximum Gasteiger partial charge on any atom is 0.251 e. The summed E-state index contributed by atoms with van der Waals surface area (Å²) in [4.78, 5) is 40.0. The predicted octanol–water partition coefficient (Wildman–Crippen LogP) is 3.45. The highest BCUT2D eigenvalue weighted by molar-refractivity contribution is 6.17. The molecule has 162 valence electrons. The number of aromatic nitrogens is 4. The maximum absolute atomic E-state index is 14.7. The Morgan fingerprint density at radius 3 is 2.38 bits per heavy atom. The Morgan fingerprint density at radius 1 is 1.03 bits per heavy atom. The number of primary amides is 1. The number of aromatic amines is 1. The number of amides is 1. The van der Waals surface area contributed by atoms with E-state index in [4.69, 9.17) is 5.73 Å². The number of carbonyl (C=O) groups is 2. The lowest BCUT2D eigenvalue weighted by molar-refractivity contribution is 0.0996. The zero-order valence-corrected chi connectivity index (χ0v) is 17.1. The molecule has 0 atom stereocenters. The molecule has 0 spiro atoms. The molecule has 0 radical (unpaired) electrons. The smallest absolute Gasteiger partial charge is 0.251 e. The van der Waals surface area contributed by atoms with Crippen LogP contribution in [0.3, 0.4) is 0 Å². The summed E-state index contributed by atoms with van der Waals surface area (Å²) in [6.45, 7) is 3.93. The fraction of sp³-hybridized carbons (Fsp3) is 0.136. The van der Waals surface area contributed by atoms with Crippen LogP contribution in [0.15, 0.2) is 43.0 Å². The third-order valence-electron chi connectivity index (χ3n) is 4.76. The summed E-state index contributed by atoms with van der Waals surface area (Å²) in [5, 5.41) is 3.43. The molecule has 0 aliphatic rings. The first-order chi connectivity index (χ1) is 15.3. The highest BCUT2D eigenvalue weighted by Crippen LogP contribution is 2.28. The van der Waals surface area contributed by atoms with E-state index < -0.39 is 34.5 Å². The van der Waals surface area contributed by atoms with Gasteiger partial charge >= 0.3 is 0 Å². The van der Waals surface area contributed by atoms with Gasteiger partial charge in [-0.05, 0) is 32.0 Å². The molecule has 0 aliphatic carbocycles. The largest absolute Gasteiger partial charge is 0.366 e. The normalized spacial score (nSPS) is 11.2. The predicted molar refractivity (Wildman–Crippen MR) is 114 cm³/mol. The van der Waals surface area contributed by atoms with Crippen LogP contribution in [0.2, 0.25) is 0 Å². The van der Waals surface area contributed by atoms with Gasteiger partial charge in [-0.15, -0.1) is 0 Å². The Balaban J connectivity index is 1.77. The van der Waals surface area contributed by atoms with E-state index in [-0.39, 0.29) is 11.6 Å². The van der Waals surface area contributed by atoms with Crippen molar-refractivity contribution in [3.63, 3.8) is 0 Å². The van der Waals surface area contributed by atoms with Gasteiger partial charge in [0, 0.05) is 52.9 Å². The van der Waals surface area contributed by atoms with Crippen molar-refractivity contribution in [3.05, 3.63) is 71.3 Å². The molecule has 1 aromatic carbocycles. The van der Waals surface area contributed by atoms with E-state index >= 15 is 0 Å². The summed E-state index contributed by atoms with van der Waals surface area (Å²) < 4.78 is 29.0. The standard InChI is InChI=1S/C22H18F2N6O2/c1-10(2)30-22-28-7-12(8-29-22)11-5-14-15(9-27-21(14)26-6-11)19(31)17-16(23)4-3-13(18(17)24)20(25)32/h3-10H,1-2H3,(H2,25,32)(H,26,27)(H,28,29,30). The van der Waals surface area contributed by atoms with Crippen molar-refractivity contribution in [3.8, 4) is 11.1 Å². The van der Waals surface area contributed by atoms with E-state index in [0.717, 1.165) is 12.1 Å². The molecule has 0 unspecified atom stereocenters. The first kappa shape index (κ1) is 21.0. The first-order valence-electron chi connectivity index (χ1n) is 9.65. The van der Waals surface area contributed by atoms with Gasteiger partial charge < -0.3 is 16.0 Å². The Labute approximate surface area is 180 Å². The van der Waals surface area contributed by atoms with Crippen LogP contribution in [0.5, 0.6) is 0 Å². The molecule has 0 saturated heterocycles. The number of fused-ring (bicyclic) bond motifs is 1. The van der Waals surface area contributed by atoms with Crippen molar-refractivity contribution in [2.75, 3.05) is 5.32 Å². The minimum atomic E-state index is -1.30. The van der Waals surface area contributed by atoms with E-state index in [2.05, 4.69) is 25.3 Å². The molecule has 4 N–H and O–H groups in total. The van der Waals surface area contributed by atoms with Gasteiger partial charge in [0.25, 0.3) is 5.91 Å². The third kappa shape index (κ3) is 3.78. The molecular weight excluding hydrogens is 418 g/mol. The molecular formula is C22H18F2N6O2. The molecule has 4 rings (SSSR count). The number of halogens is 2. The molecule has 0 bridgehead atoms. The summed E-state index contributed by atoms with van der Waals surface area (Å²) in [7, 11) is 0. The van der Waals surface area contributed by atoms with Gasteiger partial charge in [0.2, 0.25) is 11.7 Å². The lowest BCUT2D eigenvalue weighted by atomic mass is 9.98. The van der Waals surface area contributed by atoms with Crippen LogP contribution in [0.25, 0.3) is 22.2 Å². The summed E-state index contributed by atoms with van der Waals surface area (Å²) >= 11 is 0. The van der Waals surface area contributed by atoms with Crippen molar-refractivity contribution < 1.29 is 18.4 Å². The Hall–Kier alpha value is -4.21. The number of nitrogens with zero attached hydrogens (tertiary/aromatic N) is 3. The lowest BCUT2D eigenvalue weighted by Crippen LogP contribution is -2.17. The number of hydrogen-bond acceptors (Lipinski definition) is 6. The second-order valence-corrected chi connectivity index (χ2v) is 7.39. The van der Waals surface area contributed by atoms with Crippen LogP contribution >= 0.6 is 0 Å². The number of H-pyrrole nitrogens is 1. The minimum Gasteiger partial charge on any atom is -0.366 e. The van der Waals surface area contributed by atoms with Crippen molar-refractivity contribution in [1.29, 1.82) is 0 Å². The number of anilines is 1. The van der Waals surface area contributed by atoms with Gasteiger partial charge in [0.05, 0.1) is 11.1 Å². The average Bonchev–Trinajstić information content (AvgIpc) is 3.17. The minimum absolute atomic E-state index is 0.00668. The molecule has 4 aromatic rings. The average molecular weight is 436 g/mol. The monoisotopic (exact) mass is 436 g/mol.